The third-order valence-corrected chi connectivity index (χ3v) is 1.96. The van der Waals surface area contributed by atoms with Gasteiger partial charge in [-0.15, -0.1) is 0 Å². The van der Waals surface area contributed by atoms with Gasteiger partial charge in [0.2, 0.25) is 0 Å². The normalized spacial score (nSPS) is 11.1. The Morgan fingerprint density at radius 2 is 1.12 bits per heavy atom. The van der Waals surface area contributed by atoms with Crippen LogP contribution in [0.1, 0.15) is 25.0 Å². The van der Waals surface area contributed by atoms with E-state index in [9.17, 15) is 9.59 Å². The third-order valence-electron chi connectivity index (χ3n) is 1.96. The molecule has 0 saturated carbocycles. The Hall–Kier alpha value is -1.96. The quantitative estimate of drug-likeness (QED) is 0.722. The maximum atomic E-state index is 10.7. The number of benzene rings is 1. The van der Waals surface area contributed by atoms with Gasteiger partial charge in [0.15, 0.2) is 11.6 Å². The highest BCUT2D eigenvalue weighted by atomic mass is 16.1. The number of carbonyl (C=O) groups is 2. The zero-order valence-electron chi connectivity index (χ0n) is 9.44. The summed E-state index contributed by atoms with van der Waals surface area (Å²) in [5.41, 5.74) is 1.94. The average molecular weight is 214 g/mol. The lowest BCUT2D eigenvalue weighted by Gasteiger charge is -1.95. The van der Waals surface area contributed by atoms with Crippen molar-refractivity contribution < 1.29 is 9.59 Å². The summed E-state index contributed by atoms with van der Waals surface area (Å²) >= 11 is 0. The molecular formula is C14H14O2. The Balaban J connectivity index is 2.75. The number of rotatable bonds is 4. The molecule has 1 rings (SSSR count). The van der Waals surface area contributed by atoms with Crippen LogP contribution in [0.5, 0.6) is 0 Å². The minimum Gasteiger partial charge on any atom is -0.295 e. The van der Waals surface area contributed by atoms with E-state index in [0.717, 1.165) is 11.1 Å². The molecule has 0 bridgehead atoms. The minimum atomic E-state index is 0.0283. The summed E-state index contributed by atoms with van der Waals surface area (Å²) in [6, 6.07) is 7.61. The summed E-state index contributed by atoms with van der Waals surface area (Å²) in [6.45, 7) is 3.03. The number of carbonyl (C=O) groups excluding carboxylic acids is 2. The van der Waals surface area contributed by atoms with E-state index in [-0.39, 0.29) is 11.6 Å². The van der Waals surface area contributed by atoms with E-state index in [2.05, 4.69) is 0 Å². The zero-order chi connectivity index (χ0) is 12.0. The van der Waals surface area contributed by atoms with E-state index in [1.165, 1.54) is 26.0 Å². The SMILES string of the molecule is CC(=O)/C=C\c1ccc(/C=C/C(C)=O)cc1. The number of ketones is 2. The lowest BCUT2D eigenvalue weighted by atomic mass is 10.1. The van der Waals surface area contributed by atoms with Crippen molar-refractivity contribution in [2.75, 3.05) is 0 Å². The second-order valence-electron chi connectivity index (χ2n) is 3.55. The molecule has 0 aliphatic rings. The molecule has 0 spiro atoms. The zero-order valence-corrected chi connectivity index (χ0v) is 9.44. The molecular weight excluding hydrogens is 200 g/mol. The molecule has 16 heavy (non-hydrogen) atoms. The number of allylic oxidation sites excluding steroid dienone is 2. The van der Waals surface area contributed by atoms with Crippen LogP contribution in [0.3, 0.4) is 0 Å². The lowest BCUT2D eigenvalue weighted by Crippen LogP contribution is -1.82. The fourth-order valence-electron chi connectivity index (χ4n) is 1.15. The largest absolute Gasteiger partial charge is 0.295 e. The van der Waals surface area contributed by atoms with Gasteiger partial charge in [-0.05, 0) is 37.1 Å². The molecule has 0 N–H and O–H groups in total. The summed E-state index contributed by atoms with van der Waals surface area (Å²) in [6.07, 6.45) is 6.59. The molecule has 0 aliphatic heterocycles. The van der Waals surface area contributed by atoms with Crippen molar-refractivity contribution >= 4 is 23.7 Å². The highest BCUT2D eigenvalue weighted by molar-refractivity contribution is 5.92. The van der Waals surface area contributed by atoms with Gasteiger partial charge in [0.1, 0.15) is 0 Å². The average Bonchev–Trinajstić information content (AvgIpc) is 2.25. The van der Waals surface area contributed by atoms with E-state index in [4.69, 9.17) is 0 Å². The first-order chi connectivity index (χ1) is 7.58. The molecule has 0 amide bonds. The standard InChI is InChI=1S/C14H14O2/c1-11(15)3-5-13-7-9-14(10-8-13)6-4-12(2)16/h3-10H,1-2H3/b5-3-,6-4+. The molecule has 2 nitrogen and oxygen atoms in total. The Morgan fingerprint density at radius 3 is 1.38 bits per heavy atom. The summed E-state index contributed by atoms with van der Waals surface area (Å²) in [5, 5.41) is 0. The van der Waals surface area contributed by atoms with Gasteiger partial charge in [-0.2, -0.15) is 0 Å². The van der Waals surface area contributed by atoms with Crippen LogP contribution in [0.2, 0.25) is 0 Å². The van der Waals surface area contributed by atoms with Gasteiger partial charge in [-0.3, -0.25) is 9.59 Å². The Morgan fingerprint density at radius 1 is 0.812 bits per heavy atom. The Labute approximate surface area is 95.3 Å². The van der Waals surface area contributed by atoms with Gasteiger partial charge >= 0.3 is 0 Å². The first kappa shape index (κ1) is 12.1. The fourth-order valence-corrected chi connectivity index (χ4v) is 1.15. The lowest BCUT2D eigenvalue weighted by molar-refractivity contribution is -0.113. The molecule has 1 aromatic carbocycles. The van der Waals surface area contributed by atoms with Crippen molar-refractivity contribution in [2.24, 2.45) is 0 Å². The molecule has 82 valence electrons. The van der Waals surface area contributed by atoms with Crippen LogP contribution in [-0.2, 0) is 9.59 Å². The van der Waals surface area contributed by atoms with Gasteiger partial charge in [0.25, 0.3) is 0 Å². The molecule has 0 fully saturated rings. The van der Waals surface area contributed by atoms with Crippen LogP contribution in [-0.4, -0.2) is 11.6 Å². The number of hydrogen-bond acceptors (Lipinski definition) is 2. The van der Waals surface area contributed by atoms with Gasteiger partial charge in [0.05, 0.1) is 0 Å². The van der Waals surface area contributed by atoms with Crippen molar-refractivity contribution in [3.05, 3.63) is 47.5 Å². The smallest absolute Gasteiger partial charge is 0.152 e. The first-order valence-corrected chi connectivity index (χ1v) is 5.05. The maximum Gasteiger partial charge on any atom is 0.152 e. The summed E-state index contributed by atoms with van der Waals surface area (Å²) < 4.78 is 0. The monoisotopic (exact) mass is 214 g/mol. The highest BCUT2D eigenvalue weighted by Gasteiger charge is 1.90. The van der Waals surface area contributed by atoms with Gasteiger partial charge in [-0.25, -0.2) is 0 Å². The van der Waals surface area contributed by atoms with Crippen molar-refractivity contribution in [1.82, 2.24) is 0 Å². The van der Waals surface area contributed by atoms with Crippen LogP contribution in [0.4, 0.5) is 0 Å². The predicted molar refractivity (Wildman–Crippen MR) is 65.9 cm³/mol. The van der Waals surface area contributed by atoms with E-state index in [0.29, 0.717) is 0 Å². The first-order valence-electron chi connectivity index (χ1n) is 5.05. The maximum absolute atomic E-state index is 10.7. The Bertz CT molecular complexity index is 393. The minimum absolute atomic E-state index is 0.0283. The van der Waals surface area contributed by atoms with E-state index >= 15 is 0 Å². The van der Waals surface area contributed by atoms with Crippen molar-refractivity contribution in [3.8, 4) is 0 Å². The van der Waals surface area contributed by atoms with E-state index in [1.54, 1.807) is 12.2 Å². The second-order valence-corrected chi connectivity index (χ2v) is 3.55. The topological polar surface area (TPSA) is 34.1 Å². The number of hydrogen-bond donors (Lipinski definition) is 0. The van der Waals surface area contributed by atoms with Crippen LogP contribution < -0.4 is 0 Å². The van der Waals surface area contributed by atoms with Crippen LogP contribution in [0.25, 0.3) is 12.2 Å². The summed E-state index contributed by atoms with van der Waals surface area (Å²) in [7, 11) is 0. The van der Waals surface area contributed by atoms with Crippen molar-refractivity contribution in [3.63, 3.8) is 0 Å². The summed E-state index contributed by atoms with van der Waals surface area (Å²) in [5.74, 6) is 0.0566. The molecule has 0 aliphatic carbocycles. The molecule has 0 unspecified atom stereocenters. The molecule has 0 radical (unpaired) electrons. The van der Waals surface area contributed by atoms with Crippen LogP contribution in [0.15, 0.2) is 36.4 Å². The second kappa shape index (κ2) is 5.81. The highest BCUT2D eigenvalue weighted by Crippen LogP contribution is 2.07. The summed E-state index contributed by atoms with van der Waals surface area (Å²) in [4.78, 5) is 21.5. The van der Waals surface area contributed by atoms with Crippen LogP contribution in [0, 0.1) is 0 Å². The van der Waals surface area contributed by atoms with Crippen molar-refractivity contribution in [1.29, 1.82) is 0 Å². The molecule has 0 heterocycles. The van der Waals surface area contributed by atoms with E-state index < -0.39 is 0 Å². The molecule has 2 heteroatoms. The van der Waals surface area contributed by atoms with Gasteiger partial charge in [0, 0.05) is 0 Å². The fraction of sp³-hybridized carbons (Fsp3) is 0.143. The molecule has 0 aromatic heterocycles. The third kappa shape index (κ3) is 4.51. The van der Waals surface area contributed by atoms with Crippen LogP contribution >= 0.6 is 0 Å². The van der Waals surface area contributed by atoms with Gasteiger partial charge < -0.3 is 0 Å². The molecule has 1 aromatic rings. The molecule has 0 saturated heterocycles. The Kier molecular flexibility index (Phi) is 4.40. The predicted octanol–water partition coefficient (Wildman–Crippen LogP) is 2.89. The van der Waals surface area contributed by atoms with Crippen molar-refractivity contribution in [2.45, 2.75) is 13.8 Å². The van der Waals surface area contributed by atoms with E-state index in [1.807, 2.05) is 24.3 Å². The molecule has 0 atom stereocenters. The van der Waals surface area contributed by atoms with Gasteiger partial charge in [-0.1, -0.05) is 36.4 Å².